The van der Waals surface area contributed by atoms with Crippen molar-refractivity contribution in [2.75, 3.05) is 66.0 Å². The second kappa shape index (κ2) is 10.5. The number of fused-ring (bicyclic) bond motifs is 1. The van der Waals surface area contributed by atoms with E-state index < -0.39 is 0 Å². The molecule has 7 nitrogen and oxygen atoms in total. The average molecular weight is 437 g/mol. The summed E-state index contributed by atoms with van der Waals surface area (Å²) < 4.78 is 0. The first-order chi connectivity index (χ1) is 15.5. The highest BCUT2D eigenvalue weighted by Crippen LogP contribution is 2.34. The molecule has 1 aromatic carbocycles. The summed E-state index contributed by atoms with van der Waals surface area (Å²) in [7, 11) is 2.16. The molecule has 2 aromatic rings. The van der Waals surface area contributed by atoms with Crippen molar-refractivity contribution in [1.29, 1.82) is 5.41 Å². The molecule has 4 rings (SSSR count). The van der Waals surface area contributed by atoms with Crippen LogP contribution in [0.3, 0.4) is 0 Å². The number of hydrogen-bond donors (Lipinski definition) is 2. The predicted molar refractivity (Wildman–Crippen MR) is 130 cm³/mol. The Balaban J connectivity index is 1.35. The van der Waals surface area contributed by atoms with Gasteiger partial charge in [0.2, 0.25) is 5.91 Å². The number of benzene rings is 1. The van der Waals surface area contributed by atoms with Crippen LogP contribution in [0, 0.1) is 11.3 Å². The number of aromatic nitrogens is 1. The zero-order valence-corrected chi connectivity index (χ0v) is 19.4. The van der Waals surface area contributed by atoms with Gasteiger partial charge in [-0.25, -0.2) is 0 Å². The Labute approximate surface area is 191 Å². The SMILES string of the molecule is C[C@@H]1C[C@H](c2ccc(C=N)c3ncccc23)CN(CC(=O)NCCN2CCN(C)CC2)C1. The second-order valence-electron chi connectivity index (χ2n) is 9.51. The molecule has 2 N–H and O–H groups in total. The first kappa shape index (κ1) is 22.8. The third-order valence-electron chi connectivity index (χ3n) is 6.88. The number of likely N-dealkylation sites (N-methyl/N-ethyl adjacent to an activating group) is 1. The van der Waals surface area contributed by atoms with Crippen molar-refractivity contribution in [3.8, 4) is 0 Å². The lowest BCUT2D eigenvalue weighted by Gasteiger charge is -2.37. The highest BCUT2D eigenvalue weighted by Gasteiger charge is 2.28. The fourth-order valence-corrected chi connectivity index (χ4v) is 5.19. The summed E-state index contributed by atoms with van der Waals surface area (Å²) in [5.41, 5.74) is 3.03. The van der Waals surface area contributed by atoms with Gasteiger partial charge in [-0.05, 0) is 36.9 Å². The van der Waals surface area contributed by atoms with Crippen LogP contribution in [0.5, 0.6) is 0 Å². The summed E-state index contributed by atoms with van der Waals surface area (Å²) in [6, 6.07) is 8.24. The van der Waals surface area contributed by atoms with Crippen LogP contribution in [0.25, 0.3) is 10.9 Å². The summed E-state index contributed by atoms with van der Waals surface area (Å²) in [4.78, 5) is 24.2. The maximum absolute atomic E-state index is 12.6. The van der Waals surface area contributed by atoms with E-state index in [1.165, 1.54) is 11.8 Å². The van der Waals surface area contributed by atoms with Crippen LogP contribution in [0.2, 0.25) is 0 Å². The lowest BCUT2D eigenvalue weighted by atomic mass is 9.83. The molecule has 2 atom stereocenters. The Hall–Kier alpha value is -2.35. The number of pyridine rings is 1. The Morgan fingerprint density at radius 1 is 1.19 bits per heavy atom. The first-order valence-corrected chi connectivity index (χ1v) is 11.8. The standard InChI is InChI=1S/C25H36N6O/c1-19-14-21(22-6-5-20(15-26)25-23(22)4-3-7-28-25)17-31(16-19)18-24(32)27-8-9-30-12-10-29(2)11-13-30/h3-7,15,19,21,26H,8-14,16-18H2,1-2H3,(H,27,32)/t19-,21+/m1/s1. The highest BCUT2D eigenvalue weighted by atomic mass is 16.2. The maximum Gasteiger partial charge on any atom is 0.234 e. The van der Waals surface area contributed by atoms with Gasteiger partial charge in [0.25, 0.3) is 0 Å². The van der Waals surface area contributed by atoms with Crippen LogP contribution in [-0.2, 0) is 4.79 Å². The molecule has 2 saturated heterocycles. The molecule has 0 saturated carbocycles. The Kier molecular flexibility index (Phi) is 7.50. The predicted octanol–water partition coefficient (Wildman–Crippen LogP) is 2.02. The summed E-state index contributed by atoms with van der Waals surface area (Å²) in [6.07, 6.45) is 4.28. The number of likely N-dealkylation sites (tertiary alicyclic amines) is 1. The van der Waals surface area contributed by atoms with Gasteiger partial charge in [-0.1, -0.05) is 25.1 Å². The molecule has 0 unspecified atom stereocenters. The van der Waals surface area contributed by atoms with Crippen molar-refractivity contribution in [1.82, 2.24) is 25.0 Å². The van der Waals surface area contributed by atoms with E-state index in [4.69, 9.17) is 5.41 Å². The van der Waals surface area contributed by atoms with Crippen LogP contribution in [0.15, 0.2) is 30.5 Å². The molecule has 2 aliphatic heterocycles. The first-order valence-electron chi connectivity index (χ1n) is 11.8. The molecule has 32 heavy (non-hydrogen) atoms. The number of nitrogens with one attached hydrogen (secondary N) is 2. The molecule has 2 aliphatic rings. The summed E-state index contributed by atoms with van der Waals surface area (Å²) in [5.74, 6) is 1.02. The smallest absolute Gasteiger partial charge is 0.234 e. The van der Waals surface area contributed by atoms with Gasteiger partial charge in [0, 0.05) is 75.7 Å². The van der Waals surface area contributed by atoms with E-state index in [1.54, 1.807) is 6.20 Å². The molecular weight excluding hydrogens is 400 g/mol. The van der Waals surface area contributed by atoms with E-state index in [9.17, 15) is 4.79 Å². The van der Waals surface area contributed by atoms with Gasteiger partial charge < -0.3 is 15.6 Å². The van der Waals surface area contributed by atoms with Crippen LogP contribution < -0.4 is 5.32 Å². The third-order valence-corrected chi connectivity index (χ3v) is 6.88. The van der Waals surface area contributed by atoms with Crippen LogP contribution in [0.1, 0.15) is 30.4 Å². The molecule has 0 spiro atoms. The van der Waals surface area contributed by atoms with E-state index >= 15 is 0 Å². The number of carbonyl (C=O) groups is 1. The molecule has 0 aliphatic carbocycles. The van der Waals surface area contributed by atoms with Crippen LogP contribution in [-0.4, -0.2) is 97.8 Å². The molecule has 1 amide bonds. The number of piperazine rings is 1. The minimum absolute atomic E-state index is 0.123. The van der Waals surface area contributed by atoms with Crippen molar-refractivity contribution < 1.29 is 4.79 Å². The van der Waals surface area contributed by atoms with Gasteiger partial charge in [0.05, 0.1) is 12.1 Å². The van der Waals surface area contributed by atoms with Gasteiger partial charge in [-0.15, -0.1) is 0 Å². The average Bonchev–Trinajstić information content (AvgIpc) is 2.79. The van der Waals surface area contributed by atoms with E-state index in [2.05, 4.69) is 51.1 Å². The molecular formula is C25H36N6O. The summed E-state index contributed by atoms with van der Waals surface area (Å²) in [5, 5.41) is 11.9. The molecule has 7 heteroatoms. The zero-order chi connectivity index (χ0) is 22.5. The molecule has 0 bridgehead atoms. The fraction of sp³-hybridized carbons (Fsp3) is 0.560. The molecule has 172 valence electrons. The Morgan fingerprint density at radius 2 is 2.00 bits per heavy atom. The van der Waals surface area contributed by atoms with Crippen LogP contribution in [0.4, 0.5) is 0 Å². The van der Waals surface area contributed by atoms with Gasteiger partial charge in [-0.2, -0.15) is 0 Å². The van der Waals surface area contributed by atoms with E-state index in [0.29, 0.717) is 18.4 Å². The van der Waals surface area contributed by atoms with Crippen molar-refractivity contribution in [3.05, 3.63) is 41.6 Å². The molecule has 0 radical (unpaired) electrons. The lowest BCUT2D eigenvalue weighted by Crippen LogP contribution is -2.48. The van der Waals surface area contributed by atoms with E-state index in [1.807, 2.05) is 12.1 Å². The molecule has 1 aromatic heterocycles. The normalized spacial score (nSPS) is 23.3. The summed E-state index contributed by atoms with van der Waals surface area (Å²) in [6.45, 7) is 10.6. The monoisotopic (exact) mass is 436 g/mol. The van der Waals surface area contributed by atoms with Gasteiger partial charge in [-0.3, -0.25) is 19.6 Å². The number of piperidine rings is 1. The quantitative estimate of drug-likeness (QED) is 0.650. The topological polar surface area (TPSA) is 75.6 Å². The van der Waals surface area contributed by atoms with Crippen molar-refractivity contribution in [2.24, 2.45) is 5.92 Å². The van der Waals surface area contributed by atoms with E-state index in [0.717, 1.165) is 75.2 Å². The van der Waals surface area contributed by atoms with Crippen molar-refractivity contribution >= 4 is 23.0 Å². The lowest BCUT2D eigenvalue weighted by molar-refractivity contribution is -0.122. The van der Waals surface area contributed by atoms with Crippen LogP contribution >= 0.6 is 0 Å². The minimum atomic E-state index is 0.123. The number of carbonyl (C=O) groups excluding carboxylic acids is 1. The van der Waals surface area contributed by atoms with Crippen molar-refractivity contribution in [2.45, 2.75) is 19.3 Å². The number of rotatable bonds is 7. The number of nitrogens with zero attached hydrogens (tertiary/aromatic N) is 4. The van der Waals surface area contributed by atoms with Gasteiger partial charge in [0.1, 0.15) is 0 Å². The summed E-state index contributed by atoms with van der Waals surface area (Å²) >= 11 is 0. The largest absolute Gasteiger partial charge is 0.354 e. The zero-order valence-electron chi connectivity index (χ0n) is 19.4. The van der Waals surface area contributed by atoms with Gasteiger partial charge >= 0.3 is 0 Å². The fourth-order valence-electron chi connectivity index (χ4n) is 5.19. The number of amides is 1. The molecule has 3 heterocycles. The van der Waals surface area contributed by atoms with E-state index in [-0.39, 0.29) is 5.91 Å². The Morgan fingerprint density at radius 3 is 2.78 bits per heavy atom. The number of hydrogen-bond acceptors (Lipinski definition) is 6. The molecule has 2 fully saturated rings. The highest BCUT2D eigenvalue weighted by molar-refractivity contribution is 5.98. The third kappa shape index (κ3) is 5.52. The second-order valence-corrected chi connectivity index (χ2v) is 9.51. The Bertz CT molecular complexity index is 939. The maximum atomic E-state index is 12.6. The minimum Gasteiger partial charge on any atom is -0.354 e. The van der Waals surface area contributed by atoms with Gasteiger partial charge in [0.15, 0.2) is 0 Å². The van der Waals surface area contributed by atoms with Crippen molar-refractivity contribution in [3.63, 3.8) is 0 Å².